The zero-order valence-corrected chi connectivity index (χ0v) is 18.2. The smallest absolute Gasteiger partial charge is 0.261 e. The maximum Gasteiger partial charge on any atom is 0.261 e. The van der Waals surface area contributed by atoms with Crippen molar-refractivity contribution >= 4 is 11.8 Å². The first-order valence-corrected chi connectivity index (χ1v) is 11.1. The number of hydrogen-bond donors (Lipinski definition) is 2. The number of nitrogens with one attached hydrogen (secondary N) is 2. The van der Waals surface area contributed by atoms with Crippen molar-refractivity contribution in [2.75, 3.05) is 0 Å². The molecule has 5 heteroatoms. The lowest BCUT2D eigenvalue weighted by atomic mass is 9.87. The van der Waals surface area contributed by atoms with Gasteiger partial charge in [-0.1, -0.05) is 66.7 Å². The van der Waals surface area contributed by atoms with Crippen LogP contribution in [-0.2, 0) is 17.8 Å². The SMILES string of the molecule is CC(Oc1ccccc1C(=O)NCc1ccccc1)C(=O)NC1CCCc2ccccc21. The Labute approximate surface area is 188 Å². The molecule has 0 aromatic heterocycles. The van der Waals surface area contributed by atoms with Crippen molar-refractivity contribution in [3.63, 3.8) is 0 Å². The zero-order valence-electron chi connectivity index (χ0n) is 18.2. The lowest BCUT2D eigenvalue weighted by Crippen LogP contribution is -2.40. The minimum absolute atomic E-state index is 0.0112. The van der Waals surface area contributed by atoms with Gasteiger partial charge in [0.05, 0.1) is 11.6 Å². The number of benzene rings is 3. The first kappa shape index (κ1) is 21.6. The summed E-state index contributed by atoms with van der Waals surface area (Å²) in [6.07, 6.45) is 2.27. The van der Waals surface area contributed by atoms with Gasteiger partial charge in [0.25, 0.3) is 11.8 Å². The Hall–Kier alpha value is -3.60. The Morgan fingerprint density at radius 1 is 0.969 bits per heavy atom. The Bertz CT molecular complexity index is 1080. The van der Waals surface area contributed by atoms with E-state index < -0.39 is 6.10 Å². The molecule has 0 saturated carbocycles. The van der Waals surface area contributed by atoms with E-state index in [1.807, 2.05) is 42.5 Å². The highest BCUT2D eigenvalue weighted by Crippen LogP contribution is 2.29. The molecule has 0 bridgehead atoms. The van der Waals surface area contributed by atoms with Gasteiger partial charge in [-0.05, 0) is 55.0 Å². The van der Waals surface area contributed by atoms with Crippen LogP contribution in [0.4, 0.5) is 0 Å². The first-order valence-electron chi connectivity index (χ1n) is 11.1. The first-order chi connectivity index (χ1) is 15.6. The summed E-state index contributed by atoms with van der Waals surface area (Å²) in [5.41, 5.74) is 3.89. The molecule has 0 aliphatic heterocycles. The van der Waals surface area contributed by atoms with Gasteiger partial charge in [0, 0.05) is 6.54 Å². The average Bonchev–Trinajstić information content (AvgIpc) is 2.83. The van der Waals surface area contributed by atoms with Gasteiger partial charge in [-0.25, -0.2) is 0 Å². The number of aryl methyl sites for hydroxylation is 1. The third-order valence-corrected chi connectivity index (χ3v) is 5.79. The summed E-state index contributed by atoms with van der Waals surface area (Å²) in [6.45, 7) is 2.13. The van der Waals surface area contributed by atoms with E-state index in [0.29, 0.717) is 17.9 Å². The molecule has 0 fully saturated rings. The third-order valence-electron chi connectivity index (χ3n) is 5.79. The van der Waals surface area contributed by atoms with E-state index >= 15 is 0 Å². The second-order valence-corrected chi connectivity index (χ2v) is 8.08. The number of carbonyl (C=O) groups excluding carboxylic acids is 2. The topological polar surface area (TPSA) is 67.4 Å². The van der Waals surface area contributed by atoms with Crippen molar-refractivity contribution in [1.82, 2.24) is 10.6 Å². The molecule has 5 nitrogen and oxygen atoms in total. The van der Waals surface area contributed by atoms with Crippen molar-refractivity contribution in [1.29, 1.82) is 0 Å². The number of hydrogen-bond acceptors (Lipinski definition) is 3. The molecule has 4 rings (SSSR count). The van der Waals surface area contributed by atoms with Crippen LogP contribution in [0.1, 0.15) is 52.9 Å². The van der Waals surface area contributed by atoms with Crippen molar-refractivity contribution in [2.24, 2.45) is 0 Å². The monoisotopic (exact) mass is 428 g/mol. The van der Waals surface area contributed by atoms with Crippen LogP contribution in [0, 0.1) is 0 Å². The van der Waals surface area contributed by atoms with Crippen LogP contribution in [0.25, 0.3) is 0 Å². The minimum atomic E-state index is -0.729. The molecule has 32 heavy (non-hydrogen) atoms. The lowest BCUT2D eigenvalue weighted by Gasteiger charge is -2.27. The van der Waals surface area contributed by atoms with Gasteiger partial charge in [-0.15, -0.1) is 0 Å². The van der Waals surface area contributed by atoms with Crippen LogP contribution in [0.15, 0.2) is 78.9 Å². The van der Waals surface area contributed by atoms with Crippen molar-refractivity contribution in [3.05, 3.63) is 101 Å². The molecule has 2 unspecified atom stereocenters. The quantitative estimate of drug-likeness (QED) is 0.579. The third kappa shape index (κ3) is 5.17. The highest BCUT2D eigenvalue weighted by molar-refractivity contribution is 5.97. The van der Waals surface area contributed by atoms with E-state index in [-0.39, 0.29) is 17.9 Å². The molecule has 0 spiro atoms. The van der Waals surface area contributed by atoms with Gasteiger partial charge in [0.2, 0.25) is 0 Å². The van der Waals surface area contributed by atoms with Crippen LogP contribution in [0.5, 0.6) is 5.75 Å². The van der Waals surface area contributed by atoms with Crippen molar-refractivity contribution in [3.8, 4) is 5.75 Å². The standard InChI is InChI=1S/C27H28N2O3/c1-19(26(30)29-24-16-9-13-21-12-5-6-14-22(21)24)32-25-17-8-7-15-23(25)27(31)28-18-20-10-3-2-4-11-20/h2-8,10-12,14-15,17,19,24H,9,13,16,18H2,1H3,(H,28,31)(H,29,30). The fourth-order valence-corrected chi connectivity index (χ4v) is 4.07. The van der Waals surface area contributed by atoms with Gasteiger partial charge in [-0.3, -0.25) is 9.59 Å². The summed E-state index contributed by atoms with van der Waals surface area (Å²) < 4.78 is 5.94. The van der Waals surface area contributed by atoms with E-state index in [9.17, 15) is 9.59 Å². The van der Waals surface area contributed by atoms with E-state index in [4.69, 9.17) is 4.74 Å². The normalized spacial score (nSPS) is 15.8. The van der Waals surface area contributed by atoms with Crippen molar-refractivity contribution in [2.45, 2.75) is 44.9 Å². The van der Waals surface area contributed by atoms with E-state index in [2.05, 4.69) is 22.8 Å². The molecule has 1 aliphatic rings. The summed E-state index contributed by atoms with van der Waals surface area (Å²) in [5.74, 6) is -0.0331. The maximum absolute atomic E-state index is 12.9. The van der Waals surface area contributed by atoms with Gasteiger partial charge in [-0.2, -0.15) is 0 Å². The predicted octanol–water partition coefficient (Wildman–Crippen LogP) is 4.58. The summed E-state index contributed by atoms with van der Waals surface area (Å²) in [5, 5.41) is 6.04. The number of para-hydroxylation sites is 1. The highest BCUT2D eigenvalue weighted by Gasteiger charge is 2.25. The Kier molecular flexibility index (Phi) is 6.85. The molecule has 3 aromatic carbocycles. The summed E-state index contributed by atoms with van der Waals surface area (Å²) >= 11 is 0. The summed E-state index contributed by atoms with van der Waals surface area (Å²) in [6, 6.07) is 25.0. The number of ether oxygens (including phenoxy) is 1. The fourth-order valence-electron chi connectivity index (χ4n) is 4.07. The van der Waals surface area contributed by atoms with Crippen LogP contribution in [-0.4, -0.2) is 17.9 Å². The molecule has 1 aliphatic carbocycles. The molecule has 0 saturated heterocycles. The molecule has 2 amide bonds. The molecule has 164 valence electrons. The van der Waals surface area contributed by atoms with Gasteiger partial charge >= 0.3 is 0 Å². The Balaban J connectivity index is 1.40. The molecule has 2 N–H and O–H groups in total. The zero-order chi connectivity index (χ0) is 22.3. The number of amides is 2. The minimum Gasteiger partial charge on any atom is -0.480 e. The highest BCUT2D eigenvalue weighted by atomic mass is 16.5. The Morgan fingerprint density at radius 2 is 1.69 bits per heavy atom. The maximum atomic E-state index is 12.9. The second kappa shape index (κ2) is 10.1. The molecular weight excluding hydrogens is 400 g/mol. The molecule has 0 heterocycles. The van der Waals surface area contributed by atoms with Crippen molar-refractivity contribution < 1.29 is 14.3 Å². The van der Waals surface area contributed by atoms with Gasteiger partial charge in [0.15, 0.2) is 6.10 Å². The Morgan fingerprint density at radius 3 is 2.53 bits per heavy atom. The second-order valence-electron chi connectivity index (χ2n) is 8.08. The molecule has 0 radical (unpaired) electrons. The largest absolute Gasteiger partial charge is 0.480 e. The lowest BCUT2D eigenvalue weighted by molar-refractivity contribution is -0.128. The van der Waals surface area contributed by atoms with E-state index in [0.717, 1.165) is 24.8 Å². The number of fused-ring (bicyclic) bond motifs is 1. The average molecular weight is 429 g/mol. The predicted molar refractivity (Wildman–Crippen MR) is 124 cm³/mol. The summed E-state index contributed by atoms with van der Waals surface area (Å²) in [7, 11) is 0. The molecule has 2 atom stereocenters. The fraction of sp³-hybridized carbons (Fsp3) is 0.259. The number of rotatable bonds is 7. The van der Waals surface area contributed by atoms with Crippen LogP contribution < -0.4 is 15.4 Å². The van der Waals surface area contributed by atoms with Gasteiger partial charge in [0.1, 0.15) is 5.75 Å². The molecular formula is C27H28N2O3. The van der Waals surface area contributed by atoms with Gasteiger partial charge < -0.3 is 15.4 Å². The number of carbonyl (C=O) groups is 2. The van der Waals surface area contributed by atoms with Crippen LogP contribution in [0.2, 0.25) is 0 Å². The van der Waals surface area contributed by atoms with Crippen LogP contribution >= 0.6 is 0 Å². The van der Waals surface area contributed by atoms with E-state index in [1.165, 1.54) is 11.1 Å². The molecule has 3 aromatic rings. The van der Waals surface area contributed by atoms with Crippen LogP contribution in [0.3, 0.4) is 0 Å². The van der Waals surface area contributed by atoms with E-state index in [1.54, 1.807) is 31.2 Å². The summed E-state index contributed by atoms with van der Waals surface area (Å²) in [4.78, 5) is 25.6.